The SMILES string of the molecule is CCCOc1cc(Br)cc(C(=O)OC)c1. The first-order valence-corrected chi connectivity index (χ1v) is 5.48. The van der Waals surface area contributed by atoms with Gasteiger partial charge >= 0.3 is 5.97 Å². The molecule has 3 nitrogen and oxygen atoms in total. The van der Waals surface area contributed by atoms with Crippen LogP contribution in [-0.4, -0.2) is 19.7 Å². The Hall–Kier alpha value is -1.03. The predicted octanol–water partition coefficient (Wildman–Crippen LogP) is 3.02. The van der Waals surface area contributed by atoms with Crippen molar-refractivity contribution in [1.82, 2.24) is 0 Å². The van der Waals surface area contributed by atoms with Gasteiger partial charge in [-0.1, -0.05) is 22.9 Å². The summed E-state index contributed by atoms with van der Waals surface area (Å²) in [7, 11) is 1.36. The van der Waals surface area contributed by atoms with Crippen LogP contribution in [0.25, 0.3) is 0 Å². The maximum atomic E-state index is 11.3. The first-order valence-electron chi connectivity index (χ1n) is 4.69. The van der Waals surface area contributed by atoms with E-state index >= 15 is 0 Å². The molecule has 0 spiro atoms. The average Bonchev–Trinajstić information content (AvgIpc) is 2.24. The maximum Gasteiger partial charge on any atom is 0.338 e. The second kappa shape index (κ2) is 5.75. The lowest BCUT2D eigenvalue weighted by Crippen LogP contribution is -2.02. The molecule has 4 heteroatoms. The van der Waals surface area contributed by atoms with Crippen LogP contribution < -0.4 is 4.74 Å². The predicted molar refractivity (Wildman–Crippen MR) is 61.3 cm³/mol. The van der Waals surface area contributed by atoms with Crippen molar-refractivity contribution in [3.05, 3.63) is 28.2 Å². The molecule has 0 atom stereocenters. The highest BCUT2D eigenvalue weighted by atomic mass is 79.9. The van der Waals surface area contributed by atoms with Gasteiger partial charge in [0.1, 0.15) is 5.75 Å². The smallest absolute Gasteiger partial charge is 0.338 e. The van der Waals surface area contributed by atoms with Crippen molar-refractivity contribution in [3.63, 3.8) is 0 Å². The van der Waals surface area contributed by atoms with Crippen molar-refractivity contribution >= 4 is 21.9 Å². The third kappa shape index (κ3) is 3.55. The van der Waals surface area contributed by atoms with Crippen molar-refractivity contribution in [2.45, 2.75) is 13.3 Å². The molecule has 0 heterocycles. The molecule has 0 aromatic heterocycles. The standard InChI is InChI=1S/C11H13BrO3/c1-3-4-15-10-6-8(11(13)14-2)5-9(12)7-10/h5-7H,3-4H2,1-2H3. The summed E-state index contributed by atoms with van der Waals surface area (Å²) in [6, 6.07) is 5.19. The van der Waals surface area contributed by atoms with Crippen LogP contribution in [0.2, 0.25) is 0 Å². The van der Waals surface area contributed by atoms with Crippen LogP contribution in [0, 0.1) is 0 Å². The quantitative estimate of drug-likeness (QED) is 0.791. The third-order valence-corrected chi connectivity index (χ3v) is 2.22. The van der Waals surface area contributed by atoms with Crippen LogP contribution in [-0.2, 0) is 4.74 Å². The second-order valence-corrected chi connectivity index (χ2v) is 3.93. The molecule has 15 heavy (non-hydrogen) atoms. The van der Waals surface area contributed by atoms with E-state index in [1.165, 1.54) is 7.11 Å². The van der Waals surface area contributed by atoms with Gasteiger partial charge in [0, 0.05) is 4.47 Å². The zero-order valence-electron chi connectivity index (χ0n) is 8.75. The average molecular weight is 273 g/mol. The number of carbonyl (C=O) groups is 1. The van der Waals surface area contributed by atoms with Crippen LogP contribution in [0.15, 0.2) is 22.7 Å². The number of esters is 1. The van der Waals surface area contributed by atoms with Gasteiger partial charge in [-0.3, -0.25) is 0 Å². The van der Waals surface area contributed by atoms with E-state index in [0.29, 0.717) is 17.9 Å². The Balaban J connectivity index is 2.89. The summed E-state index contributed by atoms with van der Waals surface area (Å²) in [4.78, 5) is 11.3. The molecule has 1 aromatic rings. The van der Waals surface area contributed by atoms with Gasteiger partial charge in [-0.25, -0.2) is 4.79 Å². The summed E-state index contributed by atoms with van der Waals surface area (Å²) in [5.74, 6) is 0.310. The summed E-state index contributed by atoms with van der Waals surface area (Å²) in [5, 5.41) is 0. The van der Waals surface area contributed by atoms with Crippen LogP contribution in [0.5, 0.6) is 5.75 Å². The number of carbonyl (C=O) groups excluding carboxylic acids is 1. The number of ether oxygens (including phenoxy) is 2. The first kappa shape index (κ1) is 12.0. The summed E-state index contributed by atoms with van der Waals surface area (Å²) in [6.07, 6.45) is 0.931. The molecule has 0 amide bonds. The van der Waals surface area contributed by atoms with Gasteiger partial charge in [-0.2, -0.15) is 0 Å². The van der Waals surface area contributed by atoms with Gasteiger partial charge < -0.3 is 9.47 Å². The van der Waals surface area contributed by atoms with E-state index in [0.717, 1.165) is 10.9 Å². The van der Waals surface area contributed by atoms with Crippen molar-refractivity contribution in [2.24, 2.45) is 0 Å². The molecule has 0 saturated carbocycles. The summed E-state index contributed by atoms with van der Waals surface area (Å²) in [5.41, 5.74) is 0.484. The van der Waals surface area contributed by atoms with Gasteiger partial charge in [0.2, 0.25) is 0 Å². The minimum absolute atomic E-state index is 0.363. The molecule has 1 rings (SSSR count). The minimum atomic E-state index is -0.363. The molecule has 0 fully saturated rings. The summed E-state index contributed by atoms with van der Waals surface area (Å²) < 4.78 is 10.9. The second-order valence-electron chi connectivity index (χ2n) is 3.02. The molecule has 0 N–H and O–H groups in total. The fourth-order valence-corrected chi connectivity index (χ4v) is 1.57. The Kier molecular flexibility index (Phi) is 4.62. The Labute approximate surface area is 97.5 Å². The van der Waals surface area contributed by atoms with Crippen LogP contribution in [0.3, 0.4) is 0 Å². The molecule has 0 aliphatic heterocycles. The lowest BCUT2D eigenvalue weighted by atomic mass is 10.2. The Morgan fingerprint density at radius 3 is 2.73 bits per heavy atom. The van der Waals surface area contributed by atoms with E-state index in [1.807, 2.05) is 13.0 Å². The van der Waals surface area contributed by atoms with E-state index in [-0.39, 0.29) is 5.97 Å². The Morgan fingerprint density at radius 1 is 1.40 bits per heavy atom. The van der Waals surface area contributed by atoms with Gasteiger partial charge in [-0.05, 0) is 24.6 Å². The number of halogens is 1. The van der Waals surface area contributed by atoms with Gasteiger partial charge in [0.25, 0.3) is 0 Å². The Bertz CT molecular complexity index is 350. The molecule has 0 aliphatic rings. The molecular weight excluding hydrogens is 260 g/mol. The number of benzene rings is 1. The normalized spacial score (nSPS) is 9.80. The van der Waals surface area contributed by atoms with Crippen LogP contribution in [0.1, 0.15) is 23.7 Å². The number of rotatable bonds is 4. The van der Waals surface area contributed by atoms with Crippen molar-refractivity contribution in [2.75, 3.05) is 13.7 Å². The molecule has 0 radical (unpaired) electrons. The lowest BCUT2D eigenvalue weighted by Gasteiger charge is -2.07. The van der Waals surface area contributed by atoms with Crippen molar-refractivity contribution < 1.29 is 14.3 Å². The highest BCUT2D eigenvalue weighted by molar-refractivity contribution is 9.10. The van der Waals surface area contributed by atoms with E-state index in [4.69, 9.17) is 4.74 Å². The largest absolute Gasteiger partial charge is 0.494 e. The maximum absolute atomic E-state index is 11.3. The fourth-order valence-electron chi connectivity index (χ4n) is 1.10. The third-order valence-electron chi connectivity index (χ3n) is 1.77. The van der Waals surface area contributed by atoms with E-state index in [2.05, 4.69) is 20.7 Å². The molecule has 0 bridgehead atoms. The van der Waals surface area contributed by atoms with Crippen molar-refractivity contribution in [3.8, 4) is 5.75 Å². The van der Waals surface area contributed by atoms with E-state index in [1.54, 1.807) is 12.1 Å². The van der Waals surface area contributed by atoms with Gasteiger partial charge in [0.15, 0.2) is 0 Å². The molecule has 0 saturated heterocycles. The number of methoxy groups -OCH3 is 1. The molecule has 1 aromatic carbocycles. The minimum Gasteiger partial charge on any atom is -0.494 e. The highest BCUT2D eigenvalue weighted by Gasteiger charge is 2.08. The summed E-state index contributed by atoms with van der Waals surface area (Å²) >= 11 is 3.31. The van der Waals surface area contributed by atoms with E-state index < -0.39 is 0 Å². The number of hydrogen-bond acceptors (Lipinski definition) is 3. The van der Waals surface area contributed by atoms with E-state index in [9.17, 15) is 4.79 Å². The molecule has 0 aliphatic carbocycles. The zero-order valence-corrected chi connectivity index (χ0v) is 10.3. The topological polar surface area (TPSA) is 35.5 Å². The highest BCUT2D eigenvalue weighted by Crippen LogP contribution is 2.22. The van der Waals surface area contributed by atoms with Crippen molar-refractivity contribution in [1.29, 1.82) is 0 Å². The number of hydrogen-bond donors (Lipinski definition) is 0. The zero-order chi connectivity index (χ0) is 11.3. The molecular formula is C11H13BrO3. The summed E-state index contributed by atoms with van der Waals surface area (Å²) in [6.45, 7) is 2.66. The Morgan fingerprint density at radius 2 is 2.13 bits per heavy atom. The van der Waals surface area contributed by atoms with Gasteiger partial charge in [0.05, 0.1) is 19.3 Å². The fraction of sp³-hybridized carbons (Fsp3) is 0.364. The monoisotopic (exact) mass is 272 g/mol. The molecule has 0 unspecified atom stereocenters. The molecule has 82 valence electrons. The first-order chi connectivity index (χ1) is 7.17. The van der Waals surface area contributed by atoms with Crippen LogP contribution >= 0.6 is 15.9 Å². The van der Waals surface area contributed by atoms with Crippen LogP contribution in [0.4, 0.5) is 0 Å². The lowest BCUT2D eigenvalue weighted by molar-refractivity contribution is 0.0600. The van der Waals surface area contributed by atoms with Gasteiger partial charge in [-0.15, -0.1) is 0 Å².